The first-order chi connectivity index (χ1) is 13.3. The summed E-state index contributed by atoms with van der Waals surface area (Å²) < 4.78 is 10.6. The van der Waals surface area contributed by atoms with E-state index in [-0.39, 0.29) is 12.1 Å². The van der Waals surface area contributed by atoms with Gasteiger partial charge in [0.2, 0.25) is 0 Å². The molecule has 7 heteroatoms. The molecule has 0 radical (unpaired) electrons. The highest BCUT2D eigenvalue weighted by Crippen LogP contribution is 2.23. The van der Waals surface area contributed by atoms with E-state index in [1.807, 2.05) is 24.3 Å². The van der Waals surface area contributed by atoms with E-state index in [2.05, 4.69) is 32.4 Å². The largest absolute Gasteiger partial charge is 0.497 e. The number of carbonyl (C=O) groups is 1. The van der Waals surface area contributed by atoms with E-state index in [4.69, 9.17) is 9.47 Å². The number of morpholine rings is 1. The maximum absolute atomic E-state index is 12.2. The Balaban J connectivity index is 1.44. The summed E-state index contributed by atoms with van der Waals surface area (Å²) in [6.45, 7) is 4.45. The second-order valence-corrected chi connectivity index (χ2v) is 7.24. The fraction of sp³-hybridized carbons (Fsp3) is 0.450. The minimum absolute atomic E-state index is 0.128. The lowest BCUT2D eigenvalue weighted by atomic mass is 10.1. The van der Waals surface area contributed by atoms with Gasteiger partial charge in [0.25, 0.3) is 0 Å². The molecule has 3 rings (SSSR count). The number of hydrogen-bond donors (Lipinski definition) is 2. The number of ether oxygens (including phenoxy) is 2. The van der Waals surface area contributed by atoms with Crippen LogP contribution in [0.25, 0.3) is 0 Å². The zero-order valence-corrected chi connectivity index (χ0v) is 16.5. The molecule has 2 amide bonds. The summed E-state index contributed by atoms with van der Waals surface area (Å²) in [7, 11) is 1.65. The number of carbonyl (C=O) groups excluding carboxylic acids is 1. The zero-order chi connectivity index (χ0) is 18.9. The molecule has 1 saturated heterocycles. The van der Waals surface area contributed by atoms with E-state index in [1.54, 1.807) is 18.4 Å². The average Bonchev–Trinajstić information content (AvgIpc) is 3.24. The number of benzene rings is 1. The van der Waals surface area contributed by atoms with Gasteiger partial charge in [-0.15, -0.1) is 0 Å². The molecule has 2 aromatic rings. The SMILES string of the molecule is COc1ccc(CCNC(=O)NC[C@H](c2ccsc2)N2CCOCC2)cc1. The van der Waals surface area contributed by atoms with Gasteiger partial charge in [-0.05, 0) is 46.5 Å². The van der Waals surface area contributed by atoms with Gasteiger partial charge in [0.05, 0.1) is 26.4 Å². The van der Waals surface area contributed by atoms with Gasteiger partial charge in [0, 0.05) is 26.2 Å². The topological polar surface area (TPSA) is 62.8 Å². The Morgan fingerprint density at radius 3 is 2.67 bits per heavy atom. The van der Waals surface area contributed by atoms with E-state index >= 15 is 0 Å². The van der Waals surface area contributed by atoms with Gasteiger partial charge in [-0.3, -0.25) is 4.90 Å². The Labute approximate surface area is 164 Å². The lowest BCUT2D eigenvalue weighted by Gasteiger charge is -2.34. The zero-order valence-electron chi connectivity index (χ0n) is 15.6. The number of urea groups is 1. The first-order valence-corrected chi connectivity index (χ1v) is 10.2. The Bertz CT molecular complexity index is 685. The Morgan fingerprint density at radius 1 is 1.22 bits per heavy atom. The molecule has 1 aromatic heterocycles. The van der Waals surface area contributed by atoms with Gasteiger partial charge in [0.15, 0.2) is 0 Å². The van der Waals surface area contributed by atoms with E-state index < -0.39 is 0 Å². The summed E-state index contributed by atoms with van der Waals surface area (Å²) in [5.74, 6) is 0.840. The summed E-state index contributed by atoms with van der Waals surface area (Å²) >= 11 is 1.69. The molecular formula is C20H27N3O3S. The molecule has 2 heterocycles. The maximum atomic E-state index is 12.2. The summed E-state index contributed by atoms with van der Waals surface area (Å²) in [5, 5.41) is 10.2. The second kappa shape index (κ2) is 10.3. The minimum Gasteiger partial charge on any atom is -0.497 e. The fourth-order valence-corrected chi connectivity index (χ4v) is 3.88. The van der Waals surface area contributed by atoms with Crippen LogP contribution >= 0.6 is 11.3 Å². The van der Waals surface area contributed by atoms with Crippen molar-refractivity contribution in [3.8, 4) is 5.75 Å². The van der Waals surface area contributed by atoms with Gasteiger partial charge >= 0.3 is 6.03 Å². The number of nitrogens with zero attached hydrogens (tertiary/aromatic N) is 1. The third-order valence-electron chi connectivity index (χ3n) is 4.73. The number of nitrogens with one attached hydrogen (secondary N) is 2. The molecule has 0 saturated carbocycles. The molecule has 27 heavy (non-hydrogen) atoms. The highest BCUT2D eigenvalue weighted by Gasteiger charge is 2.23. The summed E-state index contributed by atoms with van der Waals surface area (Å²) in [6.07, 6.45) is 0.787. The van der Waals surface area contributed by atoms with Gasteiger partial charge in [-0.1, -0.05) is 12.1 Å². The van der Waals surface area contributed by atoms with Crippen LogP contribution in [0.5, 0.6) is 5.75 Å². The van der Waals surface area contributed by atoms with Crippen LogP contribution < -0.4 is 15.4 Å². The first kappa shape index (κ1) is 19.7. The lowest BCUT2D eigenvalue weighted by molar-refractivity contribution is 0.0168. The van der Waals surface area contributed by atoms with Crippen molar-refractivity contribution in [2.24, 2.45) is 0 Å². The molecular weight excluding hydrogens is 362 g/mol. The van der Waals surface area contributed by atoms with E-state index in [0.717, 1.165) is 38.5 Å². The van der Waals surface area contributed by atoms with Crippen molar-refractivity contribution in [1.82, 2.24) is 15.5 Å². The third-order valence-corrected chi connectivity index (χ3v) is 5.43. The van der Waals surface area contributed by atoms with Gasteiger partial charge in [-0.25, -0.2) is 4.79 Å². The quantitative estimate of drug-likeness (QED) is 0.729. The average molecular weight is 390 g/mol. The normalized spacial score (nSPS) is 15.9. The number of rotatable bonds is 8. The third kappa shape index (κ3) is 5.95. The van der Waals surface area contributed by atoms with E-state index in [1.165, 1.54) is 11.1 Å². The Morgan fingerprint density at radius 2 is 2.00 bits per heavy atom. The smallest absolute Gasteiger partial charge is 0.314 e. The summed E-state index contributed by atoms with van der Waals surface area (Å²) in [5.41, 5.74) is 2.42. The van der Waals surface area contributed by atoms with Crippen LogP contribution in [0.2, 0.25) is 0 Å². The molecule has 6 nitrogen and oxygen atoms in total. The van der Waals surface area contributed by atoms with Crippen molar-refractivity contribution in [2.45, 2.75) is 12.5 Å². The Kier molecular flexibility index (Phi) is 7.50. The molecule has 1 atom stereocenters. The number of hydrogen-bond acceptors (Lipinski definition) is 5. The Hall–Kier alpha value is -2.09. The van der Waals surface area contributed by atoms with Crippen LogP contribution in [-0.4, -0.2) is 57.4 Å². The van der Waals surface area contributed by atoms with Crippen molar-refractivity contribution >= 4 is 17.4 Å². The van der Waals surface area contributed by atoms with Crippen molar-refractivity contribution in [2.75, 3.05) is 46.5 Å². The highest BCUT2D eigenvalue weighted by atomic mass is 32.1. The van der Waals surface area contributed by atoms with Crippen LogP contribution in [0.1, 0.15) is 17.2 Å². The van der Waals surface area contributed by atoms with Gasteiger partial charge in [0.1, 0.15) is 5.75 Å². The molecule has 1 fully saturated rings. The predicted octanol–water partition coefficient (Wildman–Crippen LogP) is 2.67. The molecule has 2 N–H and O–H groups in total. The molecule has 0 aliphatic carbocycles. The molecule has 0 unspecified atom stereocenters. The highest BCUT2D eigenvalue weighted by molar-refractivity contribution is 7.07. The molecule has 0 spiro atoms. The molecule has 1 aliphatic rings. The maximum Gasteiger partial charge on any atom is 0.314 e. The number of amides is 2. The van der Waals surface area contributed by atoms with Gasteiger partial charge in [-0.2, -0.15) is 11.3 Å². The monoisotopic (exact) mass is 389 g/mol. The lowest BCUT2D eigenvalue weighted by Crippen LogP contribution is -2.45. The van der Waals surface area contributed by atoms with Crippen LogP contribution in [0.4, 0.5) is 4.79 Å². The molecule has 1 aromatic carbocycles. The van der Waals surface area contributed by atoms with Gasteiger partial charge < -0.3 is 20.1 Å². The summed E-state index contributed by atoms with van der Waals surface area (Å²) in [6, 6.07) is 10.1. The van der Waals surface area contributed by atoms with Crippen LogP contribution in [0.3, 0.4) is 0 Å². The van der Waals surface area contributed by atoms with E-state index in [9.17, 15) is 4.79 Å². The van der Waals surface area contributed by atoms with Crippen LogP contribution in [0, 0.1) is 0 Å². The predicted molar refractivity (Wildman–Crippen MR) is 108 cm³/mol. The van der Waals surface area contributed by atoms with Crippen molar-refractivity contribution in [1.29, 1.82) is 0 Å². The molecule has 146 valence electrons. The first-order valence-electron chi connectivity index (χ1n) is 9.25. The minimum atomic E-state index is -0.128. The van der Waals surface area contributed by atoms with Crippen molar-refractivity contribution in [3.05, 3.63) is 52.2 Å². The standard InChI is InChI=1S/C20H27N3O3S/c1-25-18-4-2-16(3-5-18)6-8-21-20(24)22-14-19(17-7-13-27-15-17)23-9-11-26-12-10-23/h2-5,7,13,15,19H,6,8-12,14H2,1H3,(H2,21,22,24)/t19-/m1/s1. The van der Waals surface area contributed by atoms with Crippen LogP contribution in [0.15, 0.2) is 41.1 Å². The van der Waals surface area contributed by atoms with E-state index in [0.29, 0.717) is 13.1 Å². The second-order valence-electron chi connectivity index (χ2n) is 6.46. The fourth-order valence-electron chi connectivity index (χ4n) is 3.18. The summed E-state index contributed by atoms with van der Waals surface area (Å²) in [4.78, 5) is 14.6. The molecule has 0 bridgehead atoms. The molecule has 1 aliphatic heterocycles. The number of thiophene rings is 1. The number of methoxy groups -OCH3 is 1. The van der Waals surface area contributed by atoms with Crippen molar-refractivity contribution in [3.63, 3.8) is 0 Å². The van der Waals surface area contributed by atoms with Crippen LogP contribution in [-0.2, 0) is 11.2 Å². The van der Waals surface area contributed by atoms with Crippen molar-refractivity contribution < 1.29 is 14.3 Å².